The lowest BCUT2D eigenvalue weighted by Gasteiger charge is -2.11. The van der Waals surface area contributed by atoms with E-state index in [0.717, 1.165) is 34.4 Å². The summed E-state index contributed by atoms with van der Waals surface area (Å²) in [6.45, 7) is 0.772. The molecule has 0 aliphatic carbocycles. The van der Waals surface area contributed by atoms with Crippen LogP contribution in [0.2, 0.25) is 0 Å². The molecule has 0 aromatic heterocycles. The molecule has 0 saturated heterocycles. The van der Waals surface area contributed by atoms with Crippen LogP contribution in [0, 0.1) is 10.1 Å². The van der Waals surface area contributed by atoms with Crippen LogP contribution < -0.4 is 21.3 Å². The smallest absolute Gasteiger partial charge is 0.271 e. The molecule has 43 heavy (non-hydrogen) atoms. The molecule has 8 rings (SSSR count). The molecule has 4 heterocycles. The van der Waals surface area contributed by atoms with Crippen LogP contribution in [0.3, 0.4) is 0 Å². The number of nitro benzene ring substituents is 1. The zero-order chi connectivity index (χ0) is 30.3. The highest BCUT2D eigenvalue weighted by Crippen LogP contribution is 2.18. The molecule has 0 spiro atoms. The number of carbonyl (C=O) groups excluding carboxylic acids is 4. The Morgan fingerprint density at radius 3 is 1.09 bits per heavy atom. The van der Waals surface area contributed by atoms with E-state index in [1.165, 1.54) is 12.1 Å². The number of non-ortho nitro benzene ring substituents is 1. The monoisotopic (exact) mass is 577 g/mol. The summed E-state index contributed by atoms with van der Waals surface area (Å²) < 4.78 is 0. The van der Waals surface area contributed by atoms with Crippen LogP contribution in [-0.4, -0.2) is 28.6 Å². The molecule has 4 aromatic carbocycles. The van der Waals surface area contributed by atoms with Crippen LogP contribution in [0.1, 0.15) is 63.7 Å². The third-order valence-corrected chi connectivity index (χ3v) is 6.90. The molecule has 8 bridgehead atoms. The number of amides is 4. The lowest BCUT2D eigenvalue weighted by molar-refractivity contribution is -0.384. The van der Waals surface area contributed by atoms with Gasteiger partial charge in [0.25, 0.3) is 29.3 Å². The van der Waals surface area contributed by atoms with Crippen LogP contribution in [0.25, 0.3) is 0 Å². The van der Waals surface area contributed by atoms with E-state index in [9.17, 15) is 29.3 Å². The molecule has 4 aromatic rings. The minimum atomic E-state index is -0.655. The second-order valence-electron chi connectivity index (χ2n) is 9.97. The number of rotatable bonds is 1. The lowest BCUT2D eigenvalue weighted by Crippen LogP contribution is -2.26. The van der Waals surface area contributed by atoms with Crippen molar-refractivity contribution in [2.24, 2.45) is 0 Å². The van der Waals surface area contributed by atoms with E-state index in [4.69, 9.17) is 0 Å². The molecule has 11 nitrogen and oxygen atoms in total. The number of nitrogens with zero attached hydrogens (tertiary/aromatic N) is 1. The molecule has 0 atom stereocenters. The standard InChI is InChI=1S/C32H27N5O6/c38-29-24-2-1-3-25(12-24)30(39)34-17-21-6-10-23(11-7-21)19-36-32(41)27-13-26(14-28(15-27)37(42)43)31(40)35-18-22-8-4-20(5-9-22)16-33-29/h1-15H,16-19H2,(H,33,38)(H,34,39)(H,35,40)(H,36,41). The van der Waals surface area contributed by atoms with Crippen molar-refractivity contribution in [3.8, 4) is 0 Å². The minimum Gasteiger partial charge on any atom is -0.348 e. The fourth-order valence-electron chi connectivity index (χ4n) is 4.47. The molecular formula is C32H27N5O6. The van der Waals surface area contributed by atoms with Gasteiger partial charge in [-0.3, -0.25) is 29.3 Å². The summed E-state index contributed by atoms with van der Waals surface area (Å²) in [6, 6.07) is 24.4. The average molecular weight is 578 g/mol. The van der Waals surface area contributed by atoms with Gasteiger partial charge in [-0.25, -0.2) is 0 Å². The first-order valence-corrected chi connectivity index (χ1v) is 13.4. The largest absolute Gasteiger partial charge is 0.348 e. The molecule has 0 saturated carbocycles. The van der Waals surface area contributed by atoms with Crippen molar-refractivity contribution in [1.29, 1.82) is 0 Å². The highest BCUT2D eigenvalue weighted by molar-refractivity contribution is 6.01. The van der Waals surface area contributed by atoms with Gasteiger partial charge in [0.1, 0.15) is 0 Å². The molecule has 216 valence electrons. The van der Waals surface area contributed by atoms with Crippen molar-refractivity contribution >= 4 is 29.3 Å². The predicted octanol–water partition coefficient (Wildman–Crippen LogP) is 3.63. The number of benzene rings is 4. The first-order valence-electron chi connectivity index (χ1n) is 13.4. The SMILES string of the molecule is O=C1NCc2ccc(cc2)CNC(=O)c2cc(cc([N+](=O)[O-])c2)C(=O)NCc2ccc(cc2)CNC(=O)c2cccc1c2. The number of hydrogen-bond acceptors (Lipinski definition) is 6. The van der Waals surface area contributed by atoms with Gasteiger partial charge in [0.05, 0.1) is 4.92 Å². The van der Waals surface area contributed by atoms with Gasteiger partial charge < -0.3 is 21.3 Å². The van der Waals surface area contributed by atoms with Crippen LogP contribution >= 0.6 is 0 Å². The van der Waals surface area contributed by atoms with Crippen LogP contribution in [0.5, 0.6) is 0 Å². The molecular weight excluding hydrogens is 550 g/mol. The maximum Gasteiger partial charge on any atom is 0.271 e. The van der Waals surface area contributed by atoms with Crippen molar-refractivity contribution < 1.29 is 24.1 Å². The summed E-state index contributed by atoms with van der Waals surface area (Å²) in [5, 5.41) is 22.7. The molecule has 0 radical (unpaired) electrons. The molecule has 4 N–H and O–H groups in total. The highest BCUT2D eigenvalue weighted by Gasteiger charge is 2.18. The lowest BCUT2D eigenvalue weighted by atomic mass is 10.1. The van der Waals surface area contributed by atoms with Gasteiger partial charge in [-0.1, -0.05) is 54.6 Å². The Morgan fingerprint density at radius 2 is 0.767 bits per heavy atom. The Morgan fingerprint density at radius 1 is 0.465 bits per heavy atom. The Kier molecular flexibility index (Phi) is 8.52. The van der Waals surface area contributed by atoms with Crippen LogP contribution in [-0.2, 0) is 26.2 Å². The maximum atomic E-state index is 12.9. The molecule has 11 heteroatoms. The third kappa shape index (κ3) is 7.27. The zero-order valence-corrected chi connectivity index (χ0v) is 22.9. The van der Waals surface area contributed by atoms with Gasteiger partial charge in [0, 0.05) is 60.6 Å². The third-order valence-electron chi connectivity index (χ3n) is 6.90. The highest BCUT2D eigenvalue weighted by atomic mass is 16.6. The molecule has 4 amide bonds. The van der Waals surface area contributed by atoms with E-state index in [0.29, 0.717) is 11.1 Å². The Labute approximate surface area is 246 Å². The van der Waals surface area contributed by atoms with Crippen molar-refractivity contribution in [3.63, 3.8) is 0 Å². The Hall–Kier alpha value is -5.84. The first-order chi connectivity index (χ1) is 20.7. The molecule has 0 fully saturated rings. The first kappa shape index (κ1) is 28.7. The number of carbonyl (C=O) groups is 4. The molecule has 4 aliphatic rings. The summed E-state index contributed by atoms with van der Waals surface area (Å²) in [5.41, 5.74) is 3.45. The maximum absolute atomic E-state index is 12.9. The van der Waals surface area contributed by atoms with E-state index < -0.39 is 16.7 Å². The van der Waals surface area contributed by atoms with E-state index in [2.05, 4.69) is 21.3 Å². The predicted molar refractivity (Wildman–Crippen MR) is 157 cm³/mol. The normalized spacial score (nSPS) is 14.3. The summed E-state index contributed by atoms with van der Waals surface area (Å²) in [6.07, 6.45) is 0. The molecule has 0 unspecified atom stereocenters. The van der Waals surface area contributed by atoms with Crippen LogP contribution in [0.15, 0.2) is 91.0 Å². The quantitative estimate of drug-likeness (QED) is 0.200. The van der Waals surface area contributed by atoms with E-state index >= 15 is 0 Å². The second kappa shape index (κ2) is 12.8. The van der Waals surface area contributed by atoms with Crippen LogP contribution in [0.4, 0.5) is 5.69 Å². The van der Waals surface area contributed by atoms with E-state index in [1.54, 1.807) is 66.7 Å². The molecule has 4 aliphatic heterocycles. The number of nitrogens with one attached hydrogen (secondary N) is 4. The zero-order valence-electron chi connectivity index (χ0n) is 22.9. The van der Waals surface area contributed by atoms with E-state index in [-0.39, 0.29) is 54.8 Å². The van der Waals surface area contributed by atoms with Crippen molar-refractivity contribution in [2.45, 2.75) is 26.2 Å². The fraction of sp³-hybridized carbons (Fsp3) is 0.125. The second-order valence-corrected chi connectivity index (χ2v) is 9.97. The van der Waals surface area contributed by atoms with Gasteiger partial charge in [-0.2, -0.15) is 0 Å². The Balaban J connectivity index is 1.40. The topological polar surface area (TPSA) is 160 Å². The number of hydrogen-bond donors (Lipinski definition) is 4. The van der Waals surface area contributed by atoms with Gasteiger partial charge in [0.2, 0.25) is 0 Å². The van der Waals surface area contributed by atoms with Gasteiger partial charge in [-0.15, -0.1) is 0 Å². The van der Waals surface area contributed by atoms with E-state index in [1.807, 2.05) is 0 Å². The van der Waals surface area contributed by atoms with Gasteiger partial charge in [-0.05, 0) is 46.5 Å². The number of nitro groups is 1. The summed E-state index contributed by atoms with van der Waals surface area (Å²) >= 11 is 0. The average Bonchev–Trinajstić information content (AvgIpc) is 3.04. The van der Waals surface area contributed by atoms with Crippen molar-refractivity contribution in [2.75, 3.05) is 0 Å². The van der Waals surface area contributed by atoms with Gasteiger partial charge >= 0.3 is 0 Å². The summed E-state index contributed by atoms with van der Waals surface area (Å²) in [7, 11) is 0. The Bertz CT molecular complexity index is 1600. The fourth-order valence-corrected chi connectivity index (χ4v) is 4.47. The van der Waals surface area contributed by atoms with Crippen molar-refractivity contribution in [3.05, 3.63) is 146 Å². The summed E-state index contributed by atoms with van der Waals surface area (Å²) in [4.78, 5) is 62.2. The van der Waals surface area contributed by atoms with Gasteiger partial charge in [0.15, 0.2) is 0 Å². The minimum absolute atomic E-state index is 0.0180. The summed E-state index contributed by atoms with van der Waals surface area (Å²) in [5.74, 6) is -1.79. The van der Waals surface area contributed by atoms with Crippen molar-refractivity contribution in [1.82, 2.24) is 21.3 Å².